The molecule has 0 radical (unpaired) electrons. The number of benzene rings is 1. The maximum Gasteiger partial charge on any atom is 0.138 e. The van der Waals surface area contributed by atoms with Crippen LogP contribution in [0.15, 0.2) is 18.2 Å². The number of hydrogen-bond donors (Lipinski definition) is 2. The molecular weight excluding hydrogens is 241 g/mol. The van der Waals surface area contributed by atoms with E-state index in [9.17, 15) is 4.39 Å². The summed E-state index contributed by atoms with van der Waals surface area (Å²) in [5.41, 5.74) is 6.22. The fourth-order valence-corrected chi connectivity index (χ4v) is 2.70. The van der Waals surface area contributed by atoms with Gasteiger partial charge in [0.15, 0.2) is 0 Å². The Morgan fingerprint density at radius 1 is 1.53 bits per heavy atom. The van der Waals surface area contributed by atoms with Crippen LogP contribution in [0.3, 0.4) is 0 Å². The largest absolute Gasteiger partial charge is 0.384 e. The lowest BCUT2D eigenvalue weighted by atomic mass is 9.95. The predicted molar refractivity (Wildman–Crippen MR) is 75.6 cm³/mol. The van der Waals surface area contributed by atoms with Crippen molar-refractivity contribution in [3.8, 4) is 0 Å². The van der Waals surface area contributed by atoms with E-state index in [2.05, 4.69) is 18.7 Å². The molecule has 1 heterocycles. The minimum atomic E-state index is -0.344. The predicted octanol–water partition coefficient (Wildman–Crippen LogP) is 2.59. The fraction of sp³-hybridized carbons (Fsp3) is 0.533. The van der Waals surface area contributed by atoms with Gasteiger partial charge in [-0.05, 0) is 30.9 Å². The highest BCUT2D eigenvalue weighted by atomic mass is 19.1. The zero-order valence-electron chi connectivity index (χ0n) is 11.6. The van der Waals surface area contributed by atoms with Crippen LogP contribution in [0.2, 0.25) is 0 Å². The van der Waals surface area contributed by atoms with Gasteiger partial charge < -0.3 is 5.73 Å². The molecule has 19 heavy (non-hydrogen) atoms. The third kappa shape index (κ3) is 3.13. The smallest absolute Gasteiger partial charge is 0.138 e. The minimum absolute atomic E-state index is 0.206. The van der Waals surface area contributed by atoms with Crippen LogP contribution in [-0.2, 0) is 6.54 Å². The summed E-state index contributed by atoms with van der Waals surface area (Å²) in [6.07, 6.45) is 1.19. The number of nitrogen functional groups attached to an aromatic ring is 1. The molecule has 2 rings (SSSR count). The summed E-state index contributed by atoms with van der Waals surface area (Å²) in [4.78, 5) is 2.28. The molecular formula is C15H22FN3. The Bertz CT molecular complexity index is 470. The van der Waals surface area contributed by atoms with Gasteiger partial charge in [-0.2, -0.15) is 0 Å². The van der Waals surface area contributed by atoms with Crippen LogP contribution in [0.4, 0.5) is 4.39 Å². The number of nitrogens with one attached hydrogen (secondary N) is 1. The van der Waals surface area contributed by atoms with Crippen LogP contribution in [0.1, 0.15) is 31.4 Å². The maximum absolute atomic E-state index is 14.2. The molecule has 0 bridgehead atoms. The first-order chi connectivity index (χ1) is 8.99. The molecule has 104 valence electrons. The van der Waals surface area contributed by atoms with E-state index in [1.807, 2.05) is 0 Å². The van der Waals surface area contributed by atoms with Gasteiger partial charge in [-0.25, -0.2) is 4.39 Å². The van der Waals surface area contributed by atoms with Crippen molar-refractivity contribution in [2.45, 2.75) is 26.8 Å². The SMILES string of the molecule is CC(C)C1CCN(Cc2cccc(C(=N)N)c2F)C1. The Labute approximate surface area is 114 Å². The van der Waals surface area contributed by atoms with E-state index in [1.165, 1.54) is 6.42 Å². The van der Waals surface area contributed by atoms with Crippen molar-refractivity contribution in [2.24, 2.45) is 17.6 Å². The van der Waals surface area contributed by atoms with Gasteiger partial charge in [0.05, 0.1) is 5.56 Å². The lowest BCUT2D eigenvalue weighted by Gasteiger charge is -2.18. The Morgan fingerprint density at radius 3 is 2.84 bits per heavy atom. The third-order valence-corrected chi connectivity index (χ3v) is 4.01. The van der Waals surface area contributed by atoms with Crippen LogP contribution in [0.25, 0.3) is 0 Å². The summed E-state index contributed by atoms with van der Waals surface area (Å²) in [6.45, 7) is 7.14. The second-order valence-electron chi connectivity index (χ2n) is 5.72. The monoisotopic (exact) mass is 263 g/mol. The summed E-state index contributed by atoms with van der Waals surface area (Å²) in [7, 11) is 0. The van der Waals surface area contributed by atoms with Crippen molar-refractivity contribution < 1.29 is 4.39 Å². The lowest BCUT2D eigenvalue weighted by molar-refractivity contribution is 0.293. The zero-order valence-corrected chi connectivity index (χ0v) is 11.6. The molecule has 3 N–H and O–H groups in total. The highest BCUT2D eigenvalue weighted by molar-refractivity contribution is 5.95. The average Bonchev–Trinajstić information content (AvgIpc) is 2.80. The van der Waals surface area contributed by atoms with Crippen molar-refractivity contribution in [1.82, 2.24) is 4.90 Å². The Balaban J connectivity index is 2.08. The van der Waals surface area contributed by atoms with Gasteiger partial charge in [-0.15, -0.1) is 0 Å². The molecule has 0 saturated carbocycles. The van der Waals surface area contributed by atoms with Gasteiger partial charge in [0.25, 0.3) is 0 Å². The molecule has 1 aromatic rings. The van der Waals surface area contributed by atoms with Gasteiger partial charge in [0, 0.05) is 18.7 Å². The first-order valence-corrected chi connectivity index (χ1v) is 6.83. The molecule has 0 aliphatic carbocycles. The van der Waals surface area contributed by atoms with Gasteiger partial charge >= 0.3 is 0 Å². The first kappa shape index (κ1) is 14.0. The van der Waals surface area contributed by atoms with Crippen LogP contribution in [0, 0.1) is 23.1 Å². The second-order valence-corrected chi connectivity index (χ2v) is 5.72. The number of hydrogen-bond acceptors (Lipinski definition) is 2. The van der Waals surface area contributed by atoms with Crippen molar-refractivity contribution >= 4 is 5.84 Å². The third-order valence-electron chi connectivity index (χ3n) is 4.01. The van der Waals surface area contributed by atoms with E-state index in [0.717, 1.165) is 13.1 Å². The van der Waals surface area contributed by atoms with Crippen molar-refractivity contribution in [3.05, 3.63) is 35.1 Å². The molecule has 1 aromatic carbocycles. The number of amidine groups is 1. The van der Waals surface area contributed by atoms with E-state index in [0.29, 0.717) is 23.9 Å². The van der Waals surface area contributed by atoms with Gasteiger partial charge in [0.2, 0.25) is 0 Å². The van der Waals surface area contributed by atoms with E-state index in [1.54, 1.807) is 18.2 Å². The van der Waals surface area contributed by atoms with Gasteiger partial charge in [0.1, 0.15) is 11.7 Å². The molecule has 1 fully saturated rings. The van der Waals surface area contributed by atoms with E-state index >= 15 is 0 Å². The summed E-state index contributed by atoms with van der Waals surface area (Å²) < 4.78 is 14.2. The Morgan fingerprint density at radius 2 is 2.26 bits per heavy atom. The quantitative estimate of drug-likeness (QED) is 0.648. The van der Waals surface area contributed by atoms with Crippen LogP contribution in [-0.4, -0.2) is 23.8 Å². The molecule has 1 aliphatic heterocycles. The van der Waals surface area contributed by atoms with Crippen molar-refractivity contribution in [2.75, 3.05) is 13.1 Å². The molecule has 4 heteroatoms. The molecule has 0 spiro atoms. The lowest BCUT2D eigenvalue weighted by Crippen LogP contribution is -2.23. The number of halogens is 1. The van der Waals surface area contributed by atoms with E-state index in [-0.39, 0.29) is 17.2 Å². The summed E-state index contributed by atoms with van der Waals surface area (Å²) in [5.74, 6) is 0.835. The highest BCUT2D eigenvalue weighted by Crippen LogP contribution is 2.25. The number of likely N-dealkylation sites (tertiary alicyclic amines) is 1. The molecule has 0 amide bonds. The topological polar surface area (TPSA) is 53.1 Å². The van der Waals surface area contributed by atoms with Crippen molar-refractivity contribution in [1.29, 1.82) is 5.41 Å². The minimum Gasteiger partial charge on any atom is -0.384 e. The summed E-state index contributed by atoms with van der Waals surface area (Å²) in [5, 5.41) is 7.37. The van der Waals surface area contributed by atoms with Gasteiger partial charge in [-0.1, -0.05) is 26.0 Å². The zero-order chi connectivity index (χ0) is 14.0. The normalized spacial score (nSPS) is 20.1. The summed E-state index contributed by atoms with van der Waals surface area (Å²) in [6, 6.07) is 5.11. The number of nitrogens with zero attached hydrogens (tertiary/aromatic N) is 1. The van der Waals surface area contributed by atoms with Crippen LogP contribution >= 0.6 is 0 Å². The molecule has 1 saturated heterocycles. The summed E-state index contributed by atoms with van der Waals surface area (Å²) >= 11 is 0. The standard InChI is InChI=1S/C15H22FN3/c1-10(2)11-6-7-19(8-11)9-12-4-3-5-13(14(12)16)15(17)18/h3-5,10-11H,6-9H2,1-2H3,(H3,17,18). The Hall–Kier alpha value is -1.42. The first-order valence-electron chi connectivity index (χ1n) is 6.83. The number of rotatable bonds is 4. The maximum atomic E-state index is 14.2. The molecule has 0 aromatic heterocycles. The van der Waals surface area contributed by atoms with Gasteiger partial charge in [-0.3, -0.25) is 10.3 Å². The highest BCUT2D eigenvalue weighted by Gasteiger charge is 2.25. The molecule has 1 atom stereocenters. The second kappa shape index (κ2) is 5.70. The van der Waals surface area contributed by atoms with Crippen LogP contribution in [0.5, 0.6) is 0 Å². The average molecular weight is 263 g/mol. The van der Waals surface area contributed by atoms with Crippen molar-refractivity contribution in [3.63, 3.8) is 0 Å². The van der Waals surface area contributed by atoms with E-state index in [4.69, 9.17) is 11.1 Å². The number of nitrogens with two attached hydrogens (primary N) is 1. The fourth-order valence-electron chi connectivity index (χ4n) is 2.70. The molecule has 1 aliphatic rings. The Kier molecular flexibility index (Phi) is 4.20. The molecule has 3 nitrogen and oxygen atoms in total. The van der Waals surface area contributed by atoms with Crippen LogP contribution < -0.4 is 5.73 Å². The van der Waals surface area contributed by atoms with E-state index < -0.39 is 0 Å². The molecule has 1 unspecified atom stereocenters.